The molecule has 5 heteroatoms. The van der Waals surface area contributed by atoms with Crippen LogP contribution in [0, 0.1) is 6.92 Å². The Morgan fingerprint density at radius 1 is 1.69 bits per heavy atom. The minimum Gasteiger partial charge on any atom is -0.478 e. The minimum absolute atomic E-state index is 0.464. The van der Waals surface area contributed by atoms with Crippen LogP contribution < -0.4 is 0 Å². The highest BCUT2D eigenvalue weighted by molar-refractivity contribution is 7.99. The molecule has 1 aromatic heterocycles. The van der Waals surface area contributed by atoms with Crippen LogP contribution in [0.1, 0.15) is 19.0 Å². The van der Waals surface area contributed by atoms with Crippen molar-refractivity contribution in [3.63, 3.8) is 0 Å². The second kappa shape index (κ2) is 5.75. The molecule has 0 aliphatic rings. The van der Waals surface area contributed by atoms with Gasteiger partial charge >= 0.3 is 5.97 Å². The maximum atomic E-state index is 10.7. The zero-order valence-electron chi connectivity index (χ0n) is 9.73. The third-order valence-electron chi connectivity index (χ3n) is 2.18. The molecule has 0 spiro atoms. The number of thioether (sulfide) groups is 1. The van der Waals surface area contributed by atoms with Crippen molar-refractivity contribution in [3.8, 4) is 0 Å². The summed E-state index contributed by atoms with van der Waals surface area (Å²) >= 11 is 1.59. The van der Waals surface area contributed by atoms with E-state index in [1.54, 1.807) is 22.5 Å². The van der Waals surface area contributed by atoms with Crippen molar-refractivity contribution in [3.05, 3.63) is 23.4 Å². The van der Waals surface area contributed by atoms with Crippen LogP contribution in [-0.4, -0.2) is 26.6 Å². The van der Waals surface area contributed by atoms with E-state index in [-0.39, 0.29) is 0 Å². The van der Waals surface area contributed by atoms with E-state index in [2.05, 4.69) is 5.10 Å². The van der Waals surface area contributed by atoms with E-state index in [1.807, 2.05) is 27.0 Å². The first-order valence-corrected chi connectivity index (χ1v) is 6.09. The van der Waals surface area contributed by atoms with Gasteiger partial charge in [-0.15, -0.1) is 11.8 Å². The van der Waals surface area contributed by atoms with E-state index in [1.165, 1.54) is 0 Å². The fourth-order valence-corrected chi connectivity index (χ4v) is 2.27. The van der Waals surface area contributed by atoms with Gasteiger partial charge in [0.25, 0.3) is 0 Å². The van der Waals surface area contributed by atoms with Crippen LogP contribution in [0.5, 0.6) is 0 Å². The summed E-state index contributed by atoms with van der Waals surface area (Å²) in [5, 5.41) is 14.1. The fraction of sp³-hybridized carbons (Fsp3) is 0.455. The molecule has 0 aliphatic carbocycles. The molecule has 0 saturated heterocycles. The van der Waals surface area contributed by atoms with E-state index >= 15 is 0 Å². The Morgan fingerprint density at radius 3 is 2.81 bits per heavy atom. The lowest BCUT2D eigenvalue weighted by atomic mass is 10.2. The molecule has 0 radical (unpaired) electrons. The van der Waals surface area contributed by atoms with Gasteiger partial charge in [0, 0.05) is 18.4 Å². The zero-order chi connectivity index (χ0) is 12.1. The highest BCUT2D eigenvalue weighted by atomic mass is 32.2. The Bertz CT molecular complexity index is 410. The van der Waals surface area contributed by atoms with Crippen LogP contribution in [0.3, 0.4) is 0 Å². The quantitative estimate of drug-likeness (QED) is 0.633. The van der Waals surface area contributed by atoms with E-state index in [4.69, 9.17) is 5.11 Å². The summed E-state index contributed by atoms with van der Waals surface area (Å²) < 4.78 is 1.81. The summed E-state index contributed by atoms with van der Waals surface area (Å²) in [7, 11) is 1.89. The normalized spacial score (nSPS) is 11.8. The Balaban J connectivity index is 2.58. The van der Waals surface area contributed by atoms with Gasteiger partial charge < -0.3 is 5.11 Å². The lowest BCUT2D eigenvalue weighted by molar-refractivity contribution is -0.132. The summed E-state index contributed by atoms with van der Waals surface area (Å²) in [5.41, 5.74) is 1.44. The number of carboxylic acids is 1. The van der Waals surface area contributed by atoms with Crippen molar-refractivity contribution in [2.45, 2.75) is 25.3 Å². The van der Waals surface area contributed by atoms with Crippen molar-refractivity contribution in [2.75, 3.05) is 5.75 Å². The molecule has 0 amide bonds. The maximum Gasteiger partial charge on any atom is 0.331 e. The first-order valence-electron chi connectivity index (χ1n) is 5.10. The predicted octanol–water partition coefficient (Wildman–Crippen LogP) is 2.24. The number of nitrogens with zero attached hydrogens (tertiary/aromatic N) is 2. The second-order valence-corrected chi connectivity index (χ2v) is 4.49. The monoisotopic (exact) mass is 240 g/mol. The number of aliphatic carboxylic acids is 1. The number of hydrogen-bond acceptors (Lipinski definition) is 3. The maximum absolute atomic E-state index is 10.7. The molecule has 0 aliphatic heterocycles. The van der Waals surface area contributed by atoms with Crippen LogP contribution in [0.25, 0.3) is 0 Å². The Hall–Kier alpha value is -1.23. The molecule has 1 aromatic rings. The third kappa shape index (κ3) is 3.41. The molecule has 0 bridgehead atoms. The lowest BCUT2D eigenvalue weighted by Crippen LogP contribution is -1.99. The minimum atomic E-state index is -0.829. The SMILES string of the molecule is CCC(=CCSc1cc(C)nn1C)C(=O)O. The van der Waals surface area contributed by atoms with Gasteiger partial charge in [0.1, 0.15) is 0 Å². The largest absolute Gasteiger partial charge is 0.478 e. The molecular formula is C11H16N2O2S. The molecule has 88 valence electrons. The van der Waals surface area contributed by atoms with Gasteiger partial charge in [0.15, 0.2) is 0 Å². The lowest BCUT2D eigenvalue weighted by Gasteiger charge is -2.00. The number of carbonyl (C=O) groups is 1. The van der Waals surface area contributed by atoms with E-state index in [9.17, 15) is 4.79 Å². The molecular weight excluding hydrogens is 224 g/mol. The standard InChI is InChI=1S/C11H16N2O2S/c1-4-9(11(14)15)5-6-16-10-7-8(2)12-13(10)3/h5,7H,4,6H2,1-3H3,(H,14,15). The van der Waals surface area contributed by atoms with Gasteiger partial charge in [-0.25, -0.2) is 4.79 Å². The summed E-state index contributed by atoms with van der Waals surface area (Å²) in [6.45, 7) is 3.79. The average Bonchev–Trinajstić information content (AvgIpc) is 2.52. The summed E-state index contributed by atoms with van der Waals surface area (Å²) in [4.78, 5) is 10.7. The van der Waals surface area contributed by atoms with Crippen molar-refractivity contribution >= 4 is 17.7 Å². The first-order chi connectivity index (χ1) is 7.54. The van der Waals surface area contributed by atoms with Crippen LogP contribution in [0.2, 0.25) is 0 Å². The third-order valence-corrected chi connectivity index (χ3v) is 3.19. The number of aromatic nitrogens is 2. The molecule has 0 saturated carbocycles. The Kier molecular flexibility index (Phi) is 4.61. The Morgan fingerprint density at radius 2 is 2.38 bits per heavy atom. The molecule has 16 heavy (non-hydrogen) atoms. The highest BCUT2D eigenvalue weighted by Gasteiger charge is 2.05. The van der Waals surface area contributed by atoms with Crippen LogP contribution >= 0.6 is 11.8 Å². The fourth-order valence-electron chi connectivity index (χ4n) is 1.33. The molecule has 1 heterocycles. The van der Waals surface area contributed by atoms with Crippen molar-refractivity contribution in [1.82, 2.24) is 9.78 Å². The summed E-state index contributed by atoms with van der Waals surface area (Å²) in [6.07, 6.45) is 2.32. The first kappa shape index (κ1) is 12.8. The Labute approximate surface area is 99.3 Å². The van der Waals surface area contributed by atoms with Crippen LogP contribution in [-0.2, 0) is 11.8 Å². The summed E-state index contributed by atoms with van der Waals surface area (Å²) in [6, 6.07) is 1.99. The van der Waals surface area contributed by atoms with E-state index < -0.39 is 5.97 Å². The van der Waals surface area contributed by atoms with Crippen LogP contribution in [0.4, 0.5) is 0 Å². The van der Waals surface area contributed by atoms with Gasteiger partial charge in [-0.05, 0) is 19.4 Å². The van der Waals surface area contributed by atoms with Crippen molar-refractivity contribution < 1.29 is 9.90 Å². The van der Waals surface area contributed by atoms with Gasteiger partial charge in [-0.2, -0.15) is 5.10 Å². The van der Waals surface area contributed by atoms with Crippen molar-refractivity contribution in [2.24, 2.45) is 7.05 Å². The summed E-state index contributed by atoms with van der Waals surface area (Å²) in [5.74, 6) is -0.168. The second-order valence-electron chi connectivity index (χ2n) is 3.45. The molecule has 0 aromatic carbocycles. The molecule has 1 N–H and O–H groups in total. The van der Waals surface area contributed by atoms with Gasteiger partial charge in [0.05, 0.1) is 10.7 Å². The van der Waals surface area contributed by atoms with Gasteiger partial charge in [-0.1, -0.05) is 13.0 Å². The smallest absolute Gasteiger partial charge is 0.331 e. The number of rotatable bonds is 5. The van der Waals surface area contributed by atoms with E-state index in [0.29, 0.717) is 17.7 Å². The number of hydrogen-bond donors (Lipinski definition) is 1. The molecule has 0 fully saturated rings. The van der Waals surface area contributed by atoms with E-state index in [0.717, 1.165) is 10.7 Å². The van der Waals surface area contributed by atoms with Crippen molar-refractivity contribution in [1.29, 1.82) is 0 Å². The highest BCUT2D eigenvalue weighted by Crippen LogP contribution is 2.19. The molecule has 0 unspecified atom stereocenters. The molecule has 1 rings (SSSR count). The van der Waals surface area contributed by atoms with Gasteiger partial charge in [-0.3, -0.25) is 4.68 Å². The number of aryl methyl sites for hydroxylation is 2. The molecule has 0 atom stereocenters. The average molecular weight is 240 g/mol. The van der Waals surface area contributed by atoms with Gasteiger partial charge in [0.2, 0.25) is 0 Å². The topological polar surface area (TPSA) is 55.1 Å². The van der Waals surface area contributed by atoms with Crippen LogP contribution in [0.15, 0.2) is 22.7 Å². The predicted molar refractivity (Wildman–Crippen MR) is 64.7 cm³/mol. The zero-order valence-corrected chi connectivity index (χ0v) is 10.5. The number of carboxylic acid groups (broad SMARTS) is 1. The molecule has 4 nitrogen and oxygen atoms in total.